The maximum absolute atomic E-state index is 11.2. The van der Waals surface area contributed by atoms with Gasteiger partial charge in [-0.05, 0) is 18.8 Å². The third-order valence-electron chi connectivity index (χ3n) is 3.36. The van der Waals surface area contributed by atoms with Crippen LogP contribution in [0.2, 0.25) is 5.15 Å². The zero-order valence-corrected chi connectivity index (χ0v) is 12.5. The highest BCUT2D eigenvalue weighted by atomic mass is 35.5. The molecule has 0 bridgehead atoms. The summed E-state index contributed by atoms with van der Waals surface area (Å²) in [6.45, 7) is 4.09. The molecule has 0 atom stereocenters. The Morgan fingerprint density at radius 2 is 2.05 bits per heavy atom. The van der Waals surface area contributed by atoms with Crippen LogP contribution in [0, 0.1) is 16.0 Å². The first-order valence-electron chi connectivity index (χ1n) is 6.94. The van der Waals surface area contributed by atoms with Crippen molar-refractivity contribution in [3.05, 3.63) is 21.1 Å². The van der Waals surface area contributed by atoms with Crippen molar-refractivity contribution in [1.29, 1.82) is 0 Å². The molecule has 1 heterocycles. The molecule has 1 aliphatic rings. The van der Waals surface area contributed by atoms with Gasteiger partial charge in [0.15, 0.2) is 0 Å². The predicted molar refractivity (Wildman–Crippen MR) is 78.1 cm³/mol. The van der Waals surface area contributed by atoms with Gasteiger partial charge in [-0.2, -0.15) is 0 Å². The number of halogens is 1. The van der Waals surface area contributed by atoms with Crippen LogP contribution in [0.1, 0.15) is 45.4 Å². The van der Waals surface area contributed by atoms with Crippen molar-refractivity contribution >= 4 is 23.1 Å². The molecule has 6 nitrogen and oxygen atoms in total. The summed E-state index contributed by atoms with van der Waals surface area (Å²) < 4.78 is 0. The topological polar surface area (TPSA) is 81.0 Å². The molecule has 0 spiro atoms. The lowest BCUT2D eigenvalue weighted by molar-refractivity contribution is -0.384. The van der Waals surface area contributed by atoms with E-state index in [1.165, 1.54) is 0 Å². The molecule has 1 saturated carbocycles. The Morgan fingerprint density at radius 1 is 1.40 bits per heavy atom. The van der Waals surface area contributed by atoms with Gasteiger partial charge in [-0.3, -0.25) is 10.1 Å². The third-order valence-corrected chi connectivity index (χ3v) is 3.62. The van der Waals surface area contributed by atoms with E-state index in [0.717, 1.165) is 25.7 Å². The molecule has 1 N–H and O–H groups in total. The van der Waals surface area contributed by atoms with Crippen LogP contribution in [0.15, 0.2) is 0 Å². The van der Waals surface area contributed by atoms with E-state index < -0.39 is 4.92 Å². The predicted octanol–water partition coefficient (Wildman–Crippen LogP) is 3.59. The second-order valence-electron chi connectivity index (χ2n) is 5.61. The lowest BCUT2D eigenvalue weighted by Crippen LogP contribution is -2.18. The molecule has 0 aromatic carbocycles. The fraction of sp³-hybridized carbons (Fsp3) is 0.692. The van der Waals surface area contributed by atoms with Crippen molar-refractivity contribution in [2.45, 2.75) is 52.0 Å². The Bertz CT molecular complexity index is 501. The highest BCUT2D eigenvalue weighted by Gasteiger charge is 2.26. The Kier molecular flexibility index (Phi) is 4.75. The number of aromatic nitrogens is 2. The lowest BCUT2D eigenvalue weighted by Gasteiger charge is -2.14. The summed E-state index contributed by atoms with van der Waals surface area (Å²) >= 11 is 5.97. The second kappa shape index (κ2) is 6.35. The lowest BCUT2D eigenvalue weighted by atomic mass is 10.1. The molecular formula is C13H19ClN4O2. The van der Waals surface area contributed by atoms with Crippen LogP contribution in [-0.2, 0) is 6.42 Å². The molecule has 1 aromatic rings. The number of nitrogens with zero attached hydrogens (tertiary/aromatic N) is 3. The fourth-order valence-electron chi connectivity index (χ4n) is 2.45. The number of rotatable bonds is 5. The smallest absolute Gasteiger partial charge is 0.348 e. The maximum atomic E-state index is 11.2. The van der Waals surface area contributed by atoms with E-state index in [0.29, 0.717) is 18.2 Å². The van der Waals surface area contributed by atoms with E-state index in [9.17, 15) is 10.1 Å². The van der Waals surface area contributed by atoms with Gasteiger partial charge in [0.1, 0.15) is 5.82 Å². The number of nitro groups is 1. The fourth-order valence-corrected chi connectivity index (χ4v) is 2.71. The summed E-state index contributed by atoms with van der Waals surface area (Å²) in [5.41, 5.74) is -0.217. The highest BCUT2D eigenvalue weighted by Crippen LogP contribution is 2.32. The van der Waals surface area contributed by atoms with Crippen LogP contribution in [0.5, 0.6) is 0 Å². The summed E-state index contributed by atoms with van der Waals surface area (Å²) in [5, 5.41) is 14.2. The van der Waals surface area contributed by atoms with Crippen molar-refractivity contribution in [2.75, 3.05) is 5.32 Å². The van der Waals surface area contributed by atoms with E-state index in [1.54, 1.807) is 0 Å². The number of hydrogen-bond donors (Lipinski definition) is 1. The monoisotopic (exact) mass is 298 g/mol. The quantitative estimate of drug-likeness (QED) is 0.510. The molecule has 0 amide bonds. The van der Waals surface area contributed by atoms with Gasteiger partial charge in [0.25, 0.3) is 0 Å². The Morgan fingerprint density at radius 3 is 2.60 bits per heavy atom. The SMILES string of the molecule is CC(C)Cc1nc(Cl)c([N+](=O)[O-])c(NC2CCCC2)n1. The van der Waals surface area contributed by atoms with Crippen molar-refractivity contribution in [1.82, 2.24) is 9.97 Å². The van der Waals surface area contributed by atoms with E-state index >= 15 is 0 Å². The minimum absolute atomic E-state index is 0.0823. The van der Waals surface area contributed by atoms with Gasteiger partial charge in [0.2, 0.25) is 11.0 Å². The van der Waals surface area contributed by atoms with Crippen LogP contribution in [0.25, 0.3) is 0 Å². The molecule has 1 aliphatic carbocycles. The summed E-state index contributed by atoms with van der Waals surface area (Å²) in [5.74, 6) is 1.18. The summed E-state index contributed by atoms with van der Waals surface area (Å²) in [7, 11) is 0. The van der Waals surface area contributed by atoms with Crippen LogP contribution in [-0.4, -0.2) is 20.9 Å². The van der Waals surface area contributed by atoms with Crippen molar-refractivity contribution in [3.63, 3.8) is 0 Å². The summed E-state index contributed by atoms with van der Waals surface area (Å²) in [6, 6.07) is 0.242. The van der Waals surface area contributed by atoms with Crippen molar-refractivity contribution in [3.8, 4) is 0 Å². The van der Waals surface area contributed by atoms with Gasteiger partial charge in [-0.1, -0.05) is 38.3 Å². The molecule has 2 rings (SSSR count). The van der Waals surface area contributed by atoms with Crippen LogP contribution >= 0.6 is 11.6 Å². The zero-order valence-electron chi connectivity index (χ0n) is 11.7. The average molecular weight is 299 g/mol. The Labute approximate surface area is 123 Å². The van der Waals surface area contributed by atoms with Crippen molar-refractivity contribution < 1.29 is 4.92 Å². The maximum Gasteiger partial charge on any atom is 0.348 e. The van der Waals surface area contributed by atoms with Crippen LogP contribution in [0.3, 0.4) is 0 Å². The molecule has 110 valence electrons. The average Bonchev–Trinajstić information content (AvgIpc) is 2.79. The largest absolute Gasteiger partial charge is 0.361 e. The van der Waals surface area contributed by atoms with E-state index in [-0.39, 0.29) is 22.7 Å². The molecule has 0 unspecified atom stereocenters. The Balaban J connectivity index is 2.32. The third kappa shape index (κ3) is 3.56. The standard InChI is InChI=1S/C13H19ClN4O2/c1-8(2)7-10-16-12(14)11(18(19)20)13(17-10)15-9-5-3-4-6-9/h8-9H,3-7H2,1-2H3,(H,15,16,17). The van der Waals surface area contributed by atoms with Gasteiger partial charge in [-0.25, -0.2) is 9.97 Å². The molecule has 1 fully saturated rings. The zero-order chi connectivity index (χ0) is 14.7. The van der Waals surface area contributed by atoms with Crippen LogP contribution < -0.4 is 5.32 Å². The van der Waals surface area contributed by atoms with Crippen molar-refractivity contribution in [2.24, 2.45) is 5.92 Å². The van der Waals surface area contributed by atoms with Crippen LogP contribution in [0.4, 0.5) is 11.5 Å². The molecule has 0 aliphatic heterocycles. The van der Waals surface area contributed by atoms with Gasteiger partial charge in [0.05, 0.1) is 4.92 Å². The Hall–Kier alpha value is -1.43. The van der Waals surface area contributed by atoms with Gasteiger partial charge in [0, 0.05) is 12.5 Å². The minimum atomic E-state index is -0.515. The molecule has 1 aromatic heterocycles. The second-order valence-corrected chi connectivity index (χ2v) is 5.97. The first kappa shape index (κ1) is 15.0. The molecular weight excluding hydrogens is 280 g/mol. The van der Waals surface area contributed by atoms with E-state index in [2.05, 4.69) is 15.3 Å². The van der Waals surface area contributed by atoms with E-state index in [1.807, 2.05) is 13.8 Å². The summed E-state index contributed by atoms with van der Waals surface area (Å²) in [6.07, 6.45) is 4.96. The number of nitrogens with one attached hydrogen (secondary N) is 1. The molecule has 20 heavy (non-hydrogen) atoms. The van der Waals surface area contributed by atoms with Gasteiger partial charge in [-0.15, -0.1) is 0 Å². The van der Waals surface area contributed by atoms with Gasteiger partial charge >= 0.3 is 5.69 Å². The van der Waals surface area contributed by atoms with E-state index in [4.69, 9.17) is 11.6 Å². The van der Waals surface area contributed by atoms with Gasteiger partial charge < -0.3 is 5.32 Å². The summed E-state index contributed by atoms with van der Waals surface area (Å²) in [4.78, 5) is 19.0. The molecule has 7 heteroatoms. The highest BCUT2D eigenvalue weighted by molar-refractivity contribution is 6.31. The number of hydrogen-bond acceptors (Lipinski definition) is 5. The normalized spacial score (nSPS) is 15.8. The number of anilines is 1. The first-order valence-corrected chi connectivity index (χ1v) is 7.32. The molecule has 0 saturated heterocycles. The minimum Gasteiger partial charge on any atom is -0.361 e. The first-order chi connectivity index (χ1) is 9.47. The molecule has 0 radical (unpaired) electrons.